The Hall–Kier alpha value is -2.69. The molecule has 0 fully saturated rings. The predicted octanol–water partition coefficient (Wildman–Crippen LogP) is 1.43. The molecular formula is C12H6F3N2O3-. The Balaban J connectivity index is 2.54. The van der Waals surface area contributed by atoms with Gasteiger partial charge in [0.2, 0.25) is 0 Å². The summed E-state index contributed by atoms with van der Waals surface area (Å²) in [6.07, 6.45) is -4.83. The molecule has 0 amide bonds. The second-order valence-corrected chi connectivity index (χ2v) is 3.83. The zero-order valence-electron chi connectivity index (χ0n) is 9.77. The standard InChI is InChI=1S/C12H7F3N2O3/c13-12(14,15)20-8-1-2-9-7(5-8)6-10(11(18)19)17(9)4-3-16/h1-2,5-6H,4H2,(H,18,19)/p-1. The number of hydrogen-bond acceptors (Lipinski definition) is 4. The summed E-state index contributed by atoms with van der Waals surface area (Å²) in [6, 6.07) is 6.24. The van der Waals surface area contributed by atoms with Gasteiger partial charge in [0.05, 0.1) is 17.7 Å². The Labute approximate surface area is 110 Å². The third-order valence-corrected chi connectivity index (χ3v) is 2.54. The van der Waals surface area contributed by atoms with Crippen molar-refractivity contribution in [3.05, 3.63) is 30.0 Å². The largest absolute Gasteiger partial charge is 0.573 e. The SMILES string of the molecule is N#CCn1c(C(=O)[O-])cc2cc(OC(F)(F)F)ccc21. The van der Waals surface area contributed by atoms with Gasteiger partial charge in [0.15, 0.2) is 0 Å². The van der Waals surface area contributed by atoms with Crippen LogP contribution in [0, 0.1) is 11.3 Å². The van der Waals surface area contributed by atoms with Gasteiger partial charge in [-0.25, -0.2) is 0 Å². The second-order valence-electron chi connectivity index (χ2n) is 3.83. The molecule has 2 aromatic rings. The quantitative estimate of drug-likeness (QED) is 0.853. The summed E-state index contributed by atoms with van der Waals surface area (Å²) < 4.78 is 41.2. The lowest BCUT2D eigenvalue weighted by Crippen LogP contribution is -2.25. The normalized spacial score (nSPS) is 11.3. The van der Waals surface area contributed by atoms with E-state index in [2.05, 4.69) is 4.74 Å². The van der Waals surface area contributed by atoms with E-state index in [0.29, 0.717) is 5.52 Å². The topological polar surface area (TPSA) is 78.1 Å². The van der Waals surface area contributed by atoms with Gasteiger partial charge in [-0.3, -0.25) is 0 Å². The molecule has 1 aromatic heterocycles. The van der Waals surface area contributed by atoms with Crippen LogP contribution in [0.4, 0.5) is 13.2 Å². The van der Waals surface area contributed by atoms with Gasteiger partial charge in [0, 0.05) is 10.9 Å². The highest BCUT2D eigenvalue weighted by Crippen LogP contribution is 2.28. The van der Waals surface area contributed by atoms with E-state index >= 15 is 0 Å². The monoisotopic (exact) mass is 283 g/mol. The van der Waals surface area contributed by atoms with Crippen LogP contribution in [0.3, 0.4) is 0 Å². The number of benzene rings is 1. The number of nitrogens with zero attached hydrogens (tertiary/aromatic N) is 2. The predicted molar refractivity (Wildman–Crippen MR) is 58.6 cm³/mol. The lowest BCUT2D eigenvalue weighted by molar-refractivity contribution is -0.274. The number of aromatic carboxylic acids is 1. The average Bonchev–Trinajstić information content (AvgIpc) is 2.66. The number of carbonyl (C=O) groups is 1. The molecule has 2 rings (SSSR count). The molecule has 0 aliphatic heterocycles. The van der Waals surface area contributed by atoms with Crippen LogP contribution >= 0.6 is 0 Å². The van der Waals surface area contributed by atoms with Crippen LogP contribution in [0.15, 0.2) is 24.3 Å². The van der Waals surface area contributed by atoms with Gasteiger partial charge in [-0.15, -0.1) is 13.2 Å². The summed E-state index contributed by atoms with van der Waals surface area (Å²) in [5.41, 5.74) is 0.0194. The van der Waals surface area contributed by atoms with Gasteiger partial charge < -0.3 is 19.2 Å². The van der Waals surface area contributed by atoms with E-state index in [9.17, 15) is 23.1 Å². The van der Waals surface area contributed by atoms with Crippen LogP contribution in [-0.2, 0) is 6.54 Å². The van der Waals surface area contributed by atoms with Gasteiger partial charge in [-0.05, 0) is 24.3 Å². The molecule has 8 heteroatoms. The van der Waals surface area contributed by atoms with Gasteiger partial charge in [-0.2, -0.15) is 5.26 Å². The molecule has 0 saturated heterocycles. The number of carbonyl (C=O) groups excluding carboxylic acids is 1. The summed E-state index contributed by atoms with van der Waals surface area (Å²) in [6.45, 7) is -0.258. The van der Waals surface area contributed by atoms with E-state index in [1.165, 1.54) is 6.07 Å². The van der Waals surface area contributed by atoms with E-state index in [1.807, 2.05) is 0 Å². The number of alkyl halides is 3. The van der Waals surface area contributed by atoms with E-state index in [1.54, 1.807) is 6.07 Å². The van der Waals surface area contributed by atoms with Crippen molar-refractivity contribution in [1.29, 1.82) is 5.26 Å². The Bertz CT molecular complexity index is 713. The maximum absolute atomic E-state index is 12.1. The van der Waals surface area contributed by atoms with Crippen molar-refractivity contribution in [1.82, 2.24) is 4.57 Å². The molecule has 0 bridgehead atoms. The Morgan fingerprint density at radius 3 is 2.65 bits per heavy atom. The van der Waals surface area contributed by atoms with Crippen molar-refractivity contribution in [2.24, 2.45) is 0 Å². The second kappa shape index (κ2) is 4.77. The fourth-order valence-electron chi connectivity index (χ4n) is 1.86. The molecule has 0 radical (unpaired) electrons. The number of ether oxygens (including phenoxy) is 1. The van der Waals surface area contributed by atoms with Gasteiger partial charge in [-0.1, -0.05) is 0 Å². The van der Waals surface area contributed by atoms with Crippen molar-refractivity contribution in [3.8, 4) is 11.8 Å². The van der Waals surface area contributed by atoms with E-state index in [0.717, 1.165) is 22.8 Å². The van der Waals surface area contributed by atoms with Gasteiger partial charge >= 0.3 is 6.36 Å². The van der Waals surface area contributed by atoms with Crippen LogP contribution in [0.5, 0.6) is 5.75 Å². The molecule has 1 aromatic carbocycles. The highest BCUT2D eigenvalue weighted by Gasteiger charge is 2.31. The third-order valence-electron chi connectivity index (χ3n) is 2.54. The molecule has 20 heavy (non-hydrogen) atoms. The van der Waals surface area contributed by atoms with Crippen molar-refractivity contribution >= 4 is 16.9 Å². The molecule has 0 unspecified atom stereocenters. The summed E-state index contributed by atoms with van der Waals surface area (Å²) in [7, 11) is 0. The molecular weight excluding hydrogens is 277 g/mol. The molecule has 0 spiro atoms. The summed E-state index contributed by atoms with van der Waals surface area (Å²) >= 11 is 0. The highest BCUT2D eigenvalue weighted by molar-refractivity contribution is 5.94. The third kappa shape index (κ3) is 2.66. The van der Waals surface area contributed by atoms with Crippen LogP contribution in [-0.4, -0.2) is 16.9 Å². The number of nitriles is 1. The number of fused-ring (bicyclic) bond motifs is 1. The van der Waals surface area contributed by atoms with Crippen molar-refractivity contribution in [3.63, 3.8) is 0 Å². The Morgan fingerprint density at radius 2 is 2.10 bits per heavy atom. The first-order chi connectivity index (χ1) is 9.31. The van der Waals surface area contributed by atoms with Crippen molar-refractivity contribution in [2.75, 3.05) is 0 Å². The first-order valence-electron chi connectivity index (χ1n) is 5.29. The summed E-state index contributed by atoms with van der Waals surface area (Å²) in [5, 5.41) is 19.8. The molecule has 0 saturated carbocycles. The number of carboxylic acids is 1. The first-order valence-corrected chi connectivity index (χ1v) is 5.29. The maximum atomic E-state index is 12.1. The fraction of sp³-hybridized carbons (Fsp3) is 0.167. The van der Waals surface area contributed by atoms with Crippen LogP contribution in [0.2, 0.25) is 0 Å². The molecule has 5 nitrogen and oxygen atoms in total. The fourth-order valence-corrected chi connectivity index (χ4v) is 1.86. The lowest BCUT2D eigenvalue weighted by Gasteiger charge is -2.09. The van der Waals surface area contributed by atoms with Gasteiger partial charge in [0.1, 0.15) is 12.3 Å². The molecule has 0 aliphatic carbocycles. The Morgan fingerprint density at radius 1 is 1.40 bits per heavy atom. The Kier molecular flexibility index (Phi) is 3.28. The lowest BCUT2D eigenvalue weighted by atomic mass is 10.2. The molecule has 104 valence electrons. The van der Waals surface area contributed by atoms with Crippen LogP contribution < -0.4 is 9.84 Å². The first kappa shape index (κ1) is 13.7. The zero-order chi connectivity index (χ0) is 14.9. The number of rotatable bonds is 3. The van der Waals surface area contributed by atoms with E-state index in [-0.39, 0.29) is 17.6 Å². The van der Waals surface area contributed by atoms with E-state index in [4.69, 9.17) is 5.26 Å². The minimum absolute atomic E-state index is 0.209. The van der Waals surface area contributed by atoms with Crippen LogP contribution in [0.1, 0.15) is 10.5 Å². The van der Waals surface area contributed by atoms with Crippen LogP contribution in [0.25, 0.3) is 10.9 Å². The molecule has 0 atom stereocenters. The number of halogens is 3. The zero-order valence-corrected chi connectivity index (χ0v) is 9.77. The van der Waals surface area contributed by atoms with Crippen molar-refractivity contribution < 1.29 is 27.8 Å². The minimum Gasteiger partial charge on any atom is -0.543 e. The van der Waals surface area contributed by atoms with Crippen molar-refractivity contribution in [2.45, 2.75) is 12.9 Å². The summed E-state index contributed by atoms with van der Waals surface area (Å²) in [4.78, 5) is 10.9. The minimum atomic E-state index is -4.83. The molecule has 0 N–H and O–H groups in total. The average molecular weight is 283 g/mol. The molecule has 0 aliphatic rings. The highest BCUT2D eigenvalue weighted by atomic mass is 19.4. The smallest absolute Gasteiger partial charge is 0.543 e. The number of hydrogen-bond donors (Lipinski definition) is 0. The van der Waals surface area contributed by atoms with E-state index < -0.39 is 18.1 Å². The maximum Gasteiger partial charge on any atom is 0.573 e. The summed E-state index contributed by atoms with van der Waals surface area (Å²) in [5.74, 6) is -1.99. The van der Waals surface area contributed by atoms with Gasteiger partial charge in [0.25, 0.3) is 0 Å². The number of carboxylic acid groups (broad SMARTS) is 1. The number of aromatic nitrogens is 1. The molecule has 1 heterocycles.